The first kappa shape index (κ1) is 12.4. The minimum Gasteiger partial charge on any atom is -0.462 e. The third kappa shape index (κ3) is 3.15. The Morgan fingerprint density at radius 1 is 1.50 bits per heavy atom. The van der Waals surface area contributed by atoms with Crippen LogP contribution in [0.5, 0.6) is 0 Å². The van der Waals surface area contributed by atoms with Gasteiger partial charge in [0.1, 0.15) is 0 Å². The van der Waals surface area contributed by atoms with Crippen LogP contribution in [0.25, 0.3) is 0 Å². The van der Waals surface area contributed by atoms with Gasteiger partial charge in [0.15, 0.2) is 0 Å². The number of nitrogen functional groups attached to an aromatic ring is 1. The second kappa shape index (κ2) is 5.39. The first-order valence-electron chi connectivity index (χ1n) is 5.37. The van der Waals surface area contributed by atoms with Gasteiger partial charge in [0, 0.05) is 17.4 Å². The van der Waals surface area contributed by atoms with E-state index < -0.39 is 0 Å². The zero-order valence-corrected chi connectivity index (χ0v) is 9.91. The average molecular weight is 222 g/mol. The summed E-state index contributed by atoms with van der Waals surface area (Å²) < 4.78 is 4.97. The van der Waals surface area contributed by atoms with E-state index in [4.69, 9.17) is 10.5 Å². The van der Waals surface area contributed by atoms with E-state index in [1.807, 2.05) is 13.8 Å². The van der Waals surface area contributed by atoms with E-state index in [9.17, 15) is 4.79 Å². The Labute approximate surface area is 95.8 Å². The molecule has 0 aliphatic heterocycles. The topological polar surface area (TPSA) is 64.3 Å². The lowest BCUT2D eigenvalue weighted by molar-refractivity contribution is 0.0527. The monoisotopic (exact) mass is 222 g/mol. The molecule has 1 rings (SSSR count). The Morgan fingerprint density at radius 2 is 2.19 bits per heavy atom. The molecule has 0 aromatic heterocycles. The molecule has 0 spiro atoms. The zero-order valence-electron chi connectivity index (χ0n) is 9.91. The summed E-state index contributed by atoms with van der Waals surface area (Å²) in [7, 11) is 0. The summed E-state index contributed by atoms with van der Waals surface area (Å²) in [6.07, 6.45) is 0. The van der Waals surface area contributed by atoms with Gasteiger partial charge in [-0.1, -0.05) is 0 Å². The predicted molar refractivity (Wildman–Crippen MR) is 65.6 cm³/mol. The molecule has 16 heavy (non-hydrogen) atoms. The minimum atomic E-state index is -0.349. The van der Waals surface area contributed by atoms with E-state index in [2.05, 4.69) is 5.32 Å². The molecule has 4 nitrogen and oxygen atoms in total. The highest BCUT2D eigenvalue weighted by Crippen LogP contribution is 2.20. The second-order valence-corrected chi connectivity index (χ2v) is 3.82. The minimum absolute atomic E-state index is 0.247. The third-order valence-corrected chi connectivity index (χ3v) is 1.98. The summed E-state index contributed by atoms with van der Waals surface area (Å²) in [5.74, 6) is -0.349. The summed E-state index contributed by atoms with van der Waals surface area (Å²) in [6, 6.07) is 5.43. The number of nitrogens with one attached hydrogen (secondary N) is 1. The van der Waals surface area contributed by atoms with Gasteiger partial charge in [0.05, 0.1) is 12.2 Å². The van der Waals surface area contributed by atoms with Crippen molar-refractivity contribution >= 4 is 17.3 Å². The number of hydrogen-bond donors (Lipinski definition) is 2. The predicted octanol–water partition coefficient (Wildman–Crippen LogP) is 2.27. The van der Waals surface area contributed by atoms with E-state index in [-0.39, 0.29) is 12.0 Å². The van der Waals surface area contributed by atoms with Crippen LogP contribution >= 0.6 is 0 Å². The van der Waals surface area contributed by atoms with Crippen LogP contribution in [0.2, 0.25) is 0 Å². The lowest BCUT2D eigenvalue weighted by Crippen LogP contribution is -2.15. The molecule has 0 radical (unpaired) electrons. The first-order chi connectivity index (χ1) is 7.54. The number of hydrogen-bond acceptors (Lipinski definition) is 4. The Morgan fingerprint density at radius 3 is 2.75 bits per heavy atom. The molecule has 0 amide bonds. The molecule has 0 aliphatic rings. The molecule has 1 aromatic rings. The SMILES string of the molecule is CCOC(=O)c1cc(N)ccc1NC(C)C. The maximum absolute atomic E-state index is 11.7. The summed E-state index contributed by atoms with van der Waals surface area (Å²) in [6.45, 7) is 6.14. The molecule has 1 aromatic carbocycles. The molecule has 0 atom stereocenters. The standard InChI is InChI=1S/C12H18N2O2/c1-4-16-12(15)10-7-9(13)5-6-11(10)14-8(2)3/h5-8,14H,4,13H2,1-3H3. The van der Waals surface area contributed by atoms with Crippen LogP contribution in [0, 0.1) is 0 Å². The quantitative estimate of drug-likeness (QED) is 0.606. The molecule has 0 saturated carbocycles. The largest absolute Gasteiger partial charge is 0.462 e. The highest BCUT2D eigenvalue weighted by atomic mass is 16.5. The van der Waals surface area contributed by atoms with Crippen molar-refractivity contribution in [1.29, 1.82) is 0 Å². The van der Waals surface area contributed by atoms with Crippen molar-refractivity contribution < 1.29 is 9.53 Å². The number of benzene rings is 1. The fourth-order valence-electron chi connectivity index (χ4n) is 1.38. The Kier molecular flexibility index (Phi) is 4.17. The Hall–Kier alpha value is -1.71. The van der Waals surface area contributed by atoms with Gasteiger partial charge >= 0.3 is 5.97 Å². The van der Waals surface area contributed by atoms with E-state index in [1.54, 1.807) is 25.1 Å². The number of carbonyl (C=O) groups is 1. The van der Waals surface area contributed by atoms with Gasteiger partial charge in [-0.05, 0) is 39.0 Å². The maximum atomic E-state index is 11.7. The van der Waals surface area contributed by atoms with Crippen molar-refractivity contribution in [1.82, 2.24) is 0 Å². The van der Waals surface area contributed by atoms with Crippen LogP contribution in [0.1, 0.15) is 31.1 Å². The van der Waals surface area contributed by atoms with E-state index >= 15 is 0 Å². The van der Waals surface area contributed by atoms with Gasteiger partial charge in [-0.2, -0.15) is 0 Å². The molecule has 88 valence electrons. The molecule has 0 heterocycles. The fraction of sp³-hybridized carbons (Fsp3) is 0.417. The molecule has 0 unspecified atom stereocenters. The van der Waals surface area contributed by atoms with Crippen molar-refractivity contribution in [2.45, 2.75) is 26.8 Å². The lowest BCUT2D eigenvalue weighted by atomic mass is 10.1. The number of esters is 1. The van der Waals surface area contributed by atoms with Crippen molar-refractivity contribution in [3.05, 3.63) is 23.8 Å². The maximum Gasteiger partial charge on any atom is 0.340 e. The van der Waals surface area contributed by atoms with Crippen LogP contribution < -0.4 is 11.1 Å². The van der Waals surface area contributed by atoms with Crippen LogP contribution in [0.4, 0.5) is 11.4 Å². The molecular formula is C12H18N2O2. The highest BCUT2D eigenvalue weighted by Gasteiger charge is 2.13. The van der Waals surface area contributed by atoms with Gasteiger partial charge < -0.3 is 15.8 Å². The summed E-state index contributed by atoms with van der Waals surface area (Å²) in [4.78, 5) is 11.7. The molecule has 0 aliphatic carbocycles. The average Bonchev–Trinajstić information content (AvgIpc) is 2.20. The highest BCUT2D eigenvalue weighted by molar-refractivity contribution is 5.96. The summed E-state index contributed by atoms with van der Waals surface area (Å²) in [5, 5.41) is 3.18. The molecule has 4 heteroatoms. The van der Waals surface area contributed by atoms with Gasteiger partial charge in [-0.15, -0.1) is 0 Å². The summed E-state index contributed by atoms with van der Waals surface area (Å²) >= 11 is 0. The fourth-order valence-corrected chi connectivity index (χ4v) is 1.38. The zero-order chi connectivity index (χ0) is 12.1. The van der Waals surface area contributed by atoms with Gasteiger partial charge in [-0.3, -0.25) is 0 Å². The van der Waals surface area contributed by atoms with Crippen molar-refractivity contribution in [2.75, 3.05) is 17.7 Å². The number of anilines is 2. The normalized spacial score (nSPS) is 10.2. The van der Waals surface area contributed by atoms with Gasteiger partial charge in [0.2, 0.25) is 0 Å². The smallest absolute Gasteiger partial charge is 0.340 e. The van der Waals surface area contributed by atoms with Crippen LogP contribution in [0.3, 0.4) is 0 Å². The van der Waals surface area contributed by atoms with Gasteiger partial charge in [-0.25, -0.2) is 4.79 Å². The first-order valence-corrected chi connectivity index (χ1v) is 5.37. The number of ether oxygens (including phenoxy) is 1. The van der Waals surface area contributed by atoms with E-state index in [0.29, 0.717) is 17.9 Å². The van der Waals surface area contributed by atoms with Crippen LogP contribution in [-0.2, 0) is 4.74 Å². The van der Waals surface area contributed by atoms with Crippen molar-refractivity contribution in [3.63, 3.8) is 0 Å². The van der Waals surface area contributed by atoms with Gasteiger partial charge in [0.25, 0.3) is 0 Å². The Balaban J connectivity index is 3.02. The van der Waals surface area contributed by atoms with Crippen LogP contribution in [0.15, 0.2) is 18.2 Å². The molecular weight excluding hydrogens is 204 g/mol. The molecule has 0 fully saturated rings. The number of carbonyl (C=O) groups excluding carboxylic acids is 1. The lowest BCUT2D eigenvalue weighted by Gasteiger charge is -2.14. The molecule has 0 bridgehead atoms. The van der Waals surface area contributed by atoms with E-state index in [0.717, 1.165) is 5.69 Å². The molecule has 3 N–H and O–H groups in total. The summed E-state index contributed by atoms with van der Waals surface area (Å²) in [5.41, 5.74) is 7.44. The van der Waals surface area contributed by atoms with Crippen LogP contribution in [-0.4, -0.2) is 18.6 Å². The van der Waals surface area contributed by atoms with Crippen molar-refractivity contribution in [2.24, 2.45) is 0 Å². The van der Waals surface area contributed by atoms with E-state index in [1.165, 1.54) is 0 Å². The third-order valence-electron chi connectivity index (χ3n) is 1.98. The van der Waals surface area contributed by atoms with Crippen molar-refractivity contribution in [3.8, 4) is 0 Å². The molecule has 0 saturated heterocycles. The Bertz CT molecular complexity index is 375. The number of rotatable bonds is 4. The second-order valence-electron chi connectivity index (χ2n) is 3.82. The number of nitrogens with two attached hydrogens (primary N) is 1.